The molecule has 86 valence electrons. The van der Waals surface area contributed by atoms with E-state index in [1.807, 2.05) is 23.1 Å². The average molecular weight is 218 g/mol. The number of hydrogen-bond donors (Lipinski definition) is 1. The first kappa shape index (κ1) is 11.1. The van der Waals surface area contributed by atoms with Crippen LogP contribution in [0.2, 0.25) is 0 Å². The van der Waals surface area contributed by atoms with E-state index in [2.05, 4.69) is 12.1 Å². The van der Waals surface area contributed by atoms with Crippen molar-refractivity contribution in [3.63, 3.8) is 0 Å². The summed E-state index contributed by atoms with van der Waals surface area (Å²) >= 11 is 0. The van der Waals surface area contributed by atoms with Crippen molar-refractivity contribution in [1.29, 1.82) is 0 Å². The van der Waals surface area contributed by atoms with Crippen LogP contribution in [0.1, 0.15) is 18.4 Å². The fraction of sp³-hybridized carbons (Fsp3) is 0.462. The van der Waals surface area contributed by atoms with E-state index >= 15 is 0 Å². The Morgan fingerprint density at radius 2 is 2.12 bits per heavy atom. The van der Waals surface area contributed by atoms with Crippen molar-refractivity contribution >= 4 is 5.91 Å². The quantitative estimate of drug-likeness (QED) is 0.828. The van der Waals surface area contributed by atoms with E-state index in [0.29, 0.717) is 6.42 Å². The van der Waals surface area contributed by atoms with Crippen LogP contribution in [0.3, 0.4) is 0 Å². The number of amides is 1. The minimum atomic E-state index is 0.181. The predicted octanol–water partition coefficient (Wildman–Crippen LogP) is 1.18. The Hall–Kier alpha value is -1.35. The molecule has 1 heterocycles. The van der Waals surface area contributed by atoms with Gasteiger partial charge in [-0.15, -0.1) is 0 Å². The molecule has 0 unspecified atom stereocenters. The zero-order valence-electron chi connectivity index (χ0n) is 9.43. The molecule has 3 nitrogen and oxygen atoms in total. The standard InChI is InChI=1S/C13H18N2O/c14-12-8-9-15(10-12)13(16)7-6-11-4-2-1-3-5-11/h1-5,12H,6-10,14H2/t12-/m1/s1. The minimum absolute atomic E-state index is 0.181. The topological polar surface area (TPSA) is 46.3 Å². The van der Waals surface area contributed by atoms with Crippen molar-refractivity contribution in [2.75, 3.05) is 13.1 Å². The second-order valence-corrected chi connectivity index (χ2v) is 4.37. The first-order valence-electron chi connectivity index (χ1n) is 5.83. The lowest BCUT2D eigenvalue weighted by Crippen LogP contribution is -2.31. The highest BCUT2D eigenvalue weighted by Gasteiger charge is 2.22. The van der Waals surface area contributed by atoms with Gasteiger partial charge in [-0.05, 0) is 18.4 Å². The van der Waals surface area contributed by atoms with Crippen LogP contribution in [0.5, 0.6) is 0 Å². The molecular weight excluding hydrogens is 200 g/mol. The normalized spacial score (nSPS) is 20.1. The average Bonchev–Trinajstić information content (AvgIpc) is 2.74. The third-order valence-corrected chi connectivity index (χ3v) is 3.05. The van der Waals surface area contributed by atoms with Crippen LogP contribution in [0, 0.1) is 0 Å². The van der Waals surface area contributed by atoms with E-state index < -0.39 is 0 Å². The summed E-state index contributed by atoms with van der Waals surface area (Å²) in [5.74, 6) is 0.233. The Morgan fingerprint density at radius 3 is 2.75 bits per heavy atom. The molecule has 0 aromatic heterocycles. The maximum atomic E-state index is 11.8. The summed E-state index contributed by atoms with van der Waals surface area (Å²) in [5, 5.41) is 0. The molecule has 1 aliphatic rings. The molecule has 1 aliphatic heterocycles. The van der Waals surface area contributed by atoms with Gasteiger partial charge in [0.25, 0.3) is 0 Å². The van der Waals surface area contributed by atoms with Crippen molar-refractivity contribution in [2.24, 2.45) is 5.73 Å². The van der Waals surface area contributed by atoms with E-state index in [9.17, 15) is 4.79 Å². The summed E-state index contributed by atoms with van der Waals surface area (Å²) in [7, 11) is 0. The summed E-state index contributed by atoms with van der Waals surface area (Å²) in [6.07, 6.45) is 2.36. The van der Waals surface area contributed by atoms with Gasteiger partial charge in [0.15, 0.2) is 0 Å². The first-order valence-corrected chi connectivity index (χ1v) is 5.83. The van der Waals surface area contributed by atoms with E-state index in [0.717, 1.165) is 25.9 Å². The molecule has 16 heavy (non-hydrogen) atoms. The Morgan fingerprint density at radius 1 is 1.38 bits per heavy atom. The van der Waals surface area contributed by atoms with Gasteiger partial charge >= 0.3 is 0 Å². The molecule has 1 atom stereocenters. The SMILES string of the molecule is N[C@@H]1CCN(C(=O)CCc2ccccc2)C1. The summed E-state index contributed by atoms with van der Waals surface area (Å²) in [4.78, 5) is 13.7. The van der Waals surface area contributed by atoms with Crippen molar-refractivity contribution in [3.05, 3.63) is 35.9 Å². The molecule has 0 radical (unpaired) electrons. The Labute approximate surface area is 96.2 Å². The van der Waals surface area contributed by atoms with Crippen LogP contribution in [-0.2, 0) is 11.2 Å². The highest BCUT2D eigenvalue weighted by Crippen LogP contribution is 2.10. The van der Waals surface area contributed by atoms with Crippen LogP contribution >= 0.6 is 0 Å². The number of rotatable bonds is 3. The number of benzene rings is 1. The maximum Gasteiger partial charge on any atom is 0.222 e. The minimum Gasteiger partial charge on any atom is -0.341 e. The van der Waals surface area contributed by atoms with Gasteiger partial charge in [-0.25, -0.2) is 0 Å². The van der Waals surface area contributed by atoms with Crippen LogP contribution in [0.25, 0.3) is 0 Å². The number of carbonyl (C=O) groups is 1. The van der Waals surface area contributed by atoms with E-state index in [1.165, 1.54) is 5.56 Å². The largest absolute Gasteiger partial charge is 0.341 e. The molecule has 1 aromatic carbocycles. The predicted molar refractivity (Wildman–Crippen MR) is 63.9 cm³/mol. The van der Waals surface area contributed by atoms with Crippen molar-refractivity contribution in [2.45, 2.75) is 25.3 Å². The summed E-state index contributed by atoms with van der Waals surface area (Å²) in [6, 6.07) is 10.3. The van der Waals surface area contributed by atoms with Gasteiger partial charge in [0.1, 0.15) is 0 Å². The highest BCUT2D eigenvalue weighted by atomic mass is 16.2. The summed E-state index contributed by atoms with van der Waals surface area (Å²) < 4.78 is 0. The molecule has 0 bridgehead atoms. The van der Waals surface area contributed by atoms with Gasteiger partial charge in [0.2, 0.25) is 5.91 Å². The Kier molecular flexibility index (Phi) is 3.57. The second kappa shape index (κ2) is 5.12. The third kappa shape index (κ3) is 2.83. The fourth-order valence-corrected chi connectivity index (χ4v) is 2.07. The molecule has 1 amide bonds. The molecule has 1 saturated heterocycles. The lowest BCUT2D eigenvalue weighted by molar-refractivity contribution is -0.130. The monoisotopic (exact) mass is 218 g/mol. The third-order valence-electron chi connectivity index (χ3n) is 3.05. The van der Waals surface area contributed by atoms with Gasteiger partial charge in [-0.1, -0.05) is 30.3 Å². The van der Waals surface area contributed by atoms with Gasteiger partial charge in [0, 0.05) is 25.6 Å². The molecular formula is C13H18N2O. The van der Waals surface area contributed by atoms with E-state index in [-0.39, 0.29) is 11.9 Å². The number of likely N-dealkylation sites (tertiary alicyclic amines) is 1. The lowest BCUT2D eigenvalue weighted by Gasteiger charge is -2.15. The molecule has 2 N–H and O–H groups in total. The van der Waals surface area contributed by atoms with Crippen molar-refractivity contribution < 1.29 is 4.79 Å². The van der Waals surface area contributed by atoms with Gasteiger partial charge < -0.3 is 10.6 Å². The van der Waals surface area contributed by atoms with Gasteiger partial charge in [-0.3, -0.25) is 4.79 Å². The molecule has 1 fully saturated rings. The molecule has 3 heteroatoms. The number of hydrogen-bond acceptors (Lipinski definition) is 2. The smallest absolute Gasteiger partial charge is 0.222 e. The van der Waals surface area contributed by atoms with E-state index in [4.69, 9.17) is 5.73 Å². The zero-order chi connectivity index (χ0) is 11.4. The Balaban J connectivity index is 1.80. The lowest BCUT2D eigenvalue weighted by atomic mass is 10.1. The second-order valence-electron chi connectivity index (χ2n) is 4.37. The zero-order valence-corrected chi connectivity index (χ0v) is 9.43. The van der Waals surface area contributed by atoms with Crippen LogP contribution in [0.4, 0.5) is 0 Å². The highest BCUT2D eigenvalue weighted by molar-refractivity contribution is 5.76. The molecule has 0 saturated carbocycles. The van der Waals surface area contributed by atoms with Crippen LogP contribution in [0.15, 0.2) is 30.3 Å². The number of carbonyl (C=O) groups excluding carboxylic acids is 1. The summed E-state index contributed by atoms with van der Waals surface area (Å²) in [6.45, 7) is 1.56. The fourth-order valence-electron chi connectivity index (χ4n) is 2.07. The Bertz CT molecular complexity index is 350. The number of aryl methyl sites for hydroxylation is 1. The number of nitrogens with two attached hydrogens (primary N) is 1. The summed E-state index contributed by atoms with van der Waals surface area (Å²) in [5.41, 5.74) is 7.00. The number of nitrogens with zero attached hydrogens (tertiary/aromatic N) is 1. The molecule has 2 rings (SSSR count). The van der Waals surface area contributed by atoms with E-state index in [1.54, 1.807) is 0 Å². The van der Waals surface area contributed by atoms with Gasteiger partial charge in [0.05, 0.1) is 0 Å². The maximum absolute atomic E-state index is 11.8. The van der Waals surface area contributed by atoms with Crippen molar-refractivity contribution in [3.8, 4) is 0 Å². The molecule has 0 aliphatic carbocycles. The van der Waals surface area contributed by atoms with Crippen LogP contribution < -0.4 is 5.73 Å². The van der Waals surface area contributed by atoms with Crippen LogP contribution in [-0.4, -0.2) is 29.9 Å². The van der Waals surface area contributed by atoms with Crippen molar-refractivity contribution in [1.82, 2.24) is 4.90 Å². The first-order chi connectivity index (χ1) is 7.75. The molecule has 1 aromatic rings. The van der Waals surface area contributed by atoms with Gasteiger partial charge in [-0.2, -0.15) is 0 Å². The molecule has 0 spiro atoms.